The average Bonchev–Trinajstić information content (AvgIpc) is 2.97. The fourth-order valence-electron chi connectivity index (χ4n) is 3.33. The minimum atomic E-state index is -0.215. The number of rotatable bonds is 3. The number of aryl methyl sites for hydroxylation is 2. The van der Waals surface area contributed by atoms with E-state index < -0.39 is 0 Å². The van der Waals surface area contributed by atoms with Crippen LogP contribution in [0.1, 0.15) is 34.7 Å². The molecule has 128 valence electrons. The number of imidazole rings is 1. The topological polar surface area (TPSA) is 60.1 Å². The summed E-state index contributed by atoms with van der Waals surface area (Å²) >= 11 is 0. The van der Waals surface area contributed by atoms with Crippen LogP contribution in [-0.2, 0) is 13.6 Å². The lowest BCUT2D eigenvalue weighted by molar-refractivity contribution is 0.0659. The molecule has 0 bridgehead atoms. The lowest BCUT2D eigenvalue weighted by Gasteiger charge is -2.33. The SMILES string of the molecule is Cc1nccn1C[C@@H]1CCCN(C(=O)c2ccc(C)n(C)c2=O)C1. The molecule has 3 rings (SSSR count). The van der Waals surface area contributed by atoms with Gasteiger partial charge in [-0.3, -0.25) is 9.59 Å². The van der Waals surface area contributed by atoms with Crippen LogP contribution >= 0.6 is 0 Å². The van der Waals surface area contributed by atoms with Crippen LogP contribution in [0.5, 0.6) is 0 Å². The molecular formula is C18H24N4O2. The molecule has 0 radical (unpaired) electrons. The Morgan fingerprint density at radius 1 is 1.33 bits per heavy atom. The molecule has 6 heteroatoms. The van der Waals surface area contributed by atoms with Crippen molar-refractivity contribution in [1.82, 2.24) is 19.0 Å². The van der Waals surface area contributed by atoms with Crippen molar-refractivity contribution in [3.63, 3.8) is 0 Å². The van der Waals surface area contributed by atoms with Gasteiger partial charge in [0.1, 0.15) is 11.4 Å². The van der Waals surface area contributed by atoms with E-state index in [2.05, 4.69) is 9.55 Å². The van der Waals surface area contributed by atoms with Gasteiger partial charge in [0, 0.05) is 44.8 Å². The Morgan fingerprint density at radius 2 is 2.12 bits per heavy atom. The Labute approximate surface area is 141 Å². The van der Waals surface area contributed by atoms with Gasteiger partial charge in [0.15, 0.2) is 0 Å². The summed E-state index contributed by atoms with van der Waals surface area (Å²) in [6, 6.07) is 3.48. The Kier molecular flexibility index (Phi) is 4.55. The van der Waals surface area contributed by atoms with E-state index in [9.17, 15) is 9.59 Å². The van der Waals surface area contributed by atoms with E-state index in [1.54, 1.807) is 19.3 Å². The van der Waals surface area contributed by atoms with Gasteiger partial charge in [-0.25, -0.2) is 4.98 Å². The number of nitrogens with zero attached hydrogens (tertiary/aromatic N) is 4. The Morgan fingerprint density at radius 3 is 2.83 bits per heavy atom. The highest BCUT2D eigenvalue weighted by molar-refractivity contribution is 5.94. The molecule has 1 amide bonds. The van der Waals surface area contributed by atoms with Crippen LogP contribution < -0.4 is 5.56 Å². The molecule has 1 saturated heterocycles. The fourth-order valence-corrected chi connectivity index (χ4v) is 3.33. The van der Waals surface area contributed by atoms with Gasteiger partial charge in [-0.1, -0.05) is 0 Å². The van der Waals surface area contributed by atoms with E-state index >= 15 is 0 Å². The van der Waals surface area contributed by atoms with Crippen molar-refractivity contribution < 1.29 is 4.79 Å². The smallest absolute Gasteiger partial charge is 0.263 e. The maximum Gasteiger partial charge on any atom is 0.263 e. The van der Waals surface area contributed by atoms with Crippen LogP contribution in [0.25, 0.3) is 0 Å². The molecule has 0 spiro atoms. The molecule has 1 atom stereocenters. The van der Waals surface area contributed by atoms with E-state index in [4.69, 9.17) is 0 Å². The molecule has 0 aromatic carbocycles. The third-order valence-electron chi connectivity index (χ3n) is 4.97. The number of carbonyl (C=O) groups excluding carboxylic acids is 1. The van der Waals surface area contributed by atoms with Crippen molar-refractivity contribution in [2.24, 2.45) is 13.0 Å². The van der Waals surface area contributed by atoms with Gasteiger partial charge in [-0.05, 0) is 44.7 Å². The molecule has 6 nitrogen and oxygen atoms in total. The Hall–Kier alpha value is -2.37. The molecule has 2 aromatic rings. The second kappa shape index (κ2) is 6.63. The van der Waals surface area contributed by atoms with E-state index in [-0.39, 0.29) is 17.0 Å². The molecule has 1 aliphatic rings. The molecule has 3 heterocycles. The first kappa shape index (κ1) is 16.5. The standard InChI is InChI=1S/C18H24N4O2/c1-13-6-7-16(17(23)20(13)3)18(24)22-9-4-5-15(12-22)11-21-10-8-19-14(21)2/h6-8,10,15H,4-5,9,11-12H2,1-3H3/t15-/m0/s1. The van der Waals surface area contributed by atoms with E-state index in [1.165, 1.54) is 4.57 Å². The fraction of sp³-hybridized carbons (Fsp3) is 0.500. The second-order valence-electron chi connectivity index (χ2n) is 6.64. The van der Waals surface area contributed by atoms with Crippen molar-refractivity contribution in [3.8, 4) is 0 Å². The Balaban J connectivity index is 1.75. The minimum absolute atomic E-state index is 0.150. The molecular weight excluding hydrogens is 304 g/mol. The summed E-state index contributed by atoms with van der Waals surface area (Å²) in [5.41, 5.74) is 0.902. The van der Waals surface area contributed by atoms with Crippen molar-refractivity contribution in [1.29, 1.82) is 0 Å². The van der Waals surface area contributed by atoms with Gasteiger partial charge in [-0.15, -0.1) is 0 Å². The predicted molar refractivity (Wildman–Crippen MR) is 92.0 cm³/mol. The van der Waals surface area contributed by atoms with Crippen LogP contribution in [-0.4, -0.2) is 38.0 Å². The summed E-state index contributed by atoms with van der Waals surface area (Å²) in [5.74, 6) is 1.23. The van der Waals surface area contributed by atoms with Gasteiger partial charge < -0.3 is 14.0 Å². The summed E-state index contributed by atoms with van der Waals surface area (Å²) in [7, 11) is 1.70. The van der Waals surface area contributed by atoms with Gasteiger partial charge in [0.25, 0.3) is 11.5 Å². The quantitative estimate of drug-likeness (QED) is 0.862. The maximum atomic E-state index is 12.8. The van der Waals surface area contributed by atoms with Crippen LogP contribution in [0.3, 0.4) is 0 Å². The number of hydrogen-bond donors (Lipinski definition) is 0. The van der Waals surface area contributed by atoms with Gasteiger partial charge in [0.2, 0.25) is 0 Å². The van der Waals surface area contributed by atoms with Crippen molar-refractivity contribution in [2.75, 3.05) is 13.1 Å². The Bertz CT molecular complexity index is 806. The molecule has 24 heavy (non-hydrogen) atoms. The first-order chi connectivity index (χ1) is 11.5. The lowest BCUT2D eigenvalue weighted by Crippen LogP contribution is -2.43. The summed E-state index contributed by atoms with van der Waals surface area (Å²) in [6.45, 7) is 6.12. The third kappa shape index (κ3) is 3.13. The highest BCUT2D eigenvalue weighted by Crippen LogP contribution is 2.20. The van der Waals surface area contributed by atoms with Crippen LogP contribution in [0.4, 0.5) is 0 Å². The van der Waals surface area contributed by atoms with E-state index in [0.717, 1.165) is 37.4 Å². The zero-order valence-corrected chi connectivity index (χ0v) is 14.5. The first-order valence-electron chi connectivity index (χ1n) is 8.41. The monoisotopic (exact) mass is 328 g/mol. The van der Waals surface area contributed by atoms with Gasteiger partial charge >= 0.3 is 0 Å². The van der Waals surface area contributed by atoms with Crippen molar-refractivity contribution in [2.45, 2.75) is 33.2 Å². The summed E-state index contributed by atoms with van der Waals surface area (Å²) < 4.78 is 3.66. The maximum absolute atomic E-state index is 12.8. The van der Waals surface area contributed by atoms with Crippen molar-refractivity contribution >= 4 is 5.91 Å². The van der Waals surface area contributed by atoms with Crippen LogP contribution in [0.2, 0.25) is 0 Å². The first-order valence-corrected chi connectivity index (χ1v) is 8.41. The summed E-state index contributed by atoms with van der Waals surface area (Å²) in [4.78, 5) is 31.2. The predicted octanol–water partition coefficient (Wildman–Crippen LogP) is 1.75. The normalized spacial score (nSPS) is 18.0. The number of aromatic nitrogens is 3. The van der Waals surface area contributed by atoms with Crippen molar-refractivity contribution in [3.05, 3.63) is 52.0 Å². The van der Waals surface area contributed by atoms with E-state index in [1.807, 2.05) is 31.0 Å². The molecule has 0 N–H and O–H groups in total. The summed E-state index contributed by atoms with van der Waals surface area (Å²) in [6.07, 6.45) is 5.84. The number of hydrogen-bond acceptors (Lipinski definition) is 3. The largest absolute Gasteiger partial charge is 0.338 e. The lowest BCUT2D eigenvalue weighted by atomic mass is 9.97. The zero-order chi connectivity index (χ0) is 17.3. The zero-order valence-electron chi connectivity index (χ0n) is 14.5. The molecule has 0 saturated carbocycles. The summed E-state index contributed by atoms with van der Waals surface area (Å²) in [5, 5.41) is 0. The number of piperidine rings is 1. The number of likely N-dealkylation sites (tertiary alicyclic amines) is 1. The highest BCUT2D eigenvalue weighted by atomic mass is 16.2. The third-order valence-corrected chi connectivity index (χ3v) is 4.97. The number of pyridine rings is 1. The average molecular weight is 328 g/mol. The molecule has 1 fully saturated rings. The van der Waals surface area contributed by atoms with Gasteiger partial charge in [0.05, 0.1) is 0 Å². The van der Waals surface area contributed by atoms with Gasteiger partial charge in [-0.2, -0.15) is 0 Å². The second-order valence-corrected chi connectivity index (χ2v) is 6.64. The number of amides is 1. The molecule has 0 aliphatic carbocycles. The molecule has 0 unspecified atom stereocenters. The highest BCUT2D eigenvalue weighted by Gasteiger charge is 2.26. The number of carbonyl (C=O) groups is 1. The van der Waals surface area contributed by atoms with Crippen LogP contribution in [0, 0.1) is 19.8 Å². The molecule has 1 aliphatic heterocycles. The van der Waals surface area contributed by atoms with Crippen LogP contribution in [0.15, 0.2) is 29.3 Å². The van der Waals surface area contributed by atoms with E-state index in [0.29, 0.717) is 12.5 Å². The minimum Gasteiger partial charge on any atom is -0.338 e. The molecule has 2 aromatic heterocycles.